The fraction of sp³-hybridized carbons (Fsp3) is 0.389. The van der Waals surface area contributed by atoms with Crippen molar-refractivity contribution in [3.8, 4) is 5.75 Å². The molecule has 0 radical (unpaired) electrons. The van der Waals surface area contributed by atoms with E-state index in [0.29, 0.717) is 17.1 Å². The number of benzene rings is 1. The molecule has 25 heavy (non-hydrogen) atoms. The molecule has 0 unspecified atom stereocenters. The van der Waals surface area contributed by atoms with Gasteiger partial charge in [-0.05, 0) is 44.9 Å². The summed E-state index contributed by atoms with van der Waals surface area (Å²) in [6.45, 7) is 6.91. The number of hydrogen-bond donors (Lipinski definition) is 1. The fourth-order valence-corrected chi connectivity index (χ4v) is 2.33. The molecule has 1 aromatic heterocycles. The maximum absolute atomic E-state index is 11.9. The number of ether oxygens (including phenoxy) is 2. The van der Waals surface area contributed by atoms with Crippen molar-refractivity contribution in [1.29, 1.82) is 0 Å². The Hall–Kier alpha value is -2.83. The van der Waals surface area contributed by atoms with Crippen molar-refractivity contribution in [1.82, 2.24) is 9.78 Å². The zero-order chi connectivity index (χ0) is 18.6. The molecule has 2 rings (SSSR count). The average Bonchev–Trinajstić information content (AvgIpc) is 2.80. The zero-order valence-electron chi connectivity index (χ0n) is 15.2. The first-order chi connectivity index (χ1) is 11.8. The van der Waals surface area contributed by atoms with Gasteiger partial charge in [0, 0.05) is 7.05 Å². The third kappa shape index (κ3) is 4.59. The summed E-state index contributed by atoms with van der Waals surface area (Å²) in [5.74, 6) is -0.391. The molecular formula is C18H23N3O4. The van der Waals surface area contributed by atoms with Crippen LogP contribution in [0.1, 0.15) is 22.5 Å². The van der Waals surface area contributed by atoms with Gasteiger partial charge in [-0.2, -0.15) is 5.10 Å². The lowest BCUT2D eigenvalue weighted by atomic mass is 10.1. The van der Waals surface area contributed by atoms with Crippen molar-refractivity contribution >= 4 is 17.6 Å². The highest BCUT2D eigenvalue weighted by atomic mass is 16.6. The Kier molecular flexibility index (Phi) is 5.80. The van der Waals surface area contributed by atoms with Crippen LogP contribution in [0.25, 0.3) is 0 Å². The molecule has 7 heteroatoms. The van der Waals surface area contributed by atoms with Crippen LogP contribution in [-0.2, 0) is 21.4 Å². The van der Waals surface area contributed by atoms with E-state index in [9.17, 15) is 9.59 Å². The minimum absolute atomic E-state index is 0.247. The SMILES string of the molecule is Cc1cccc(OCC(=O)OCC(=O)Nc2c(C)nn(C)c2C)c1C. The van der Waals surface area contributed by atoms with Gasteiger partial charge in [-0.15, -0.1) is 0 Å². The quantitative estimate of drug-likeness (QED) is 0.812. The molecule has 0 aliphatic heterocycles. The third-order valence-corrected chi connectivity index (χ3v) is 4.04. The van der Waals surface area contributed by atoms with E-state index in [2.05, 4.69) is 10.4 Å². The monoisotopic (exact) mass is 345 g/mol. The van der Waals surface area contributed by atoms with Gasteiger partial charge in [-0.3, -0.25) is 9.48 Å². The van der Waals surface area contributed by atoms with Gasteiger partial charge in [0.15, 0.2) is 13.2 Å². The van der Waals surface area contributed by atoms with Crippen LogP contribution in [0.2, 0.25) is 0 Å². The van der Waals surface area contributed by atoms with Crippen molar-refractivity contribution in [3.63, 3.8) is 0 Å². The van der Waals surface area contributed by atoms with Crippen molar-refractivity contribution in [3.05, 3.63) is 40.7 Å². The van der Waals surface area contributed by atoms with Crippen LogP contribution in [0.3, 0.4) is 0 Å². The van der Waals surface area contributed by atoms with Gasteiger partial charge in [-0.25, -0.2) is 4.79 Å². The molecule has 0 aliphatic carbocycles. The number of aryl methyl sites for hydroxylation is 3. The number of carbonyl (C=O) groups excluding carboxylic acids is 2. The van der Waals surface area contributed by atoms with Gasteiger partial charge in [-0.1, -0.05) is 12.1 Å². The number of amides is 1. The third-order valence-electron chi connectivity index (χ3n) is 4.04. The fourth-order valence-electron chi connectivity index (χ4n) is 2.33. The lowest BCUT2D eigenvalue weighted by Crippen LogP contribution is -2.24. The van der Waals surface area contributed by atoms with Gasteiger partial charge in [0.25, 0.3) is 5.91 Å². The molecule has 1 N–H and O–H groups in total. The molecule has 0 aliphatic rings. The molecule has 0 bridgehead atoms. The largest absolute Gasteiger partial charge is 0.482 e. The van der Waals surface area contributed by atoms with E-state index in [4.69, 9.17) is 9.47 Å². The summed E-state index contributed by atoms with van der Waals surface area (Å²) in [4.78, 5) is 23.7. The average molecular weight is 345 g/mol. The second-order valence-electron chi connectivity index (χ2n) is 5.87. The molecule has 1 aromatic carbocycles. The summed E-state index contributed by atoms with van der Waals surface area (Å²) in [5.41, 5.74) is 4.21. The summed E-state index contributed by atoms with van der Waals surface area (Å²) in [6.07, 6.45) is 0. The molecule has 0 fully saturated rings. The molecule has 0 atom stereocenters. The highest BCUT2D eigenvalue weighted by molar-refractivity contribution is 5.93. The first-order valence-corrected chi connectivity index (χ1v) is 7.94. The van der Waals surface area contributed by atoms with E-state index < -0.39 is 11.9 Å². The maximum atomic E-state index is 11.9. The number of esters is 1. The Balaban J connectivity index is 1.81. The van der Waals surface area contributed by atoms with Gasteiger partial charge < -0.3 is 14.8 Å². The molecule has 2 aromatic rings. The minimum Gasteiger partial charge on any atom is -0.482 e. The summed E-state index contributed by atoms with van der Waals surface area (Å²) < 4.78 is 12.1. The second-order valence-corrected chi connectivity index (χ2v) is 5.87. The van der Waals surface area contributed by atoms with Crippen LogP contribution in [0.15, 0.2) is 18.2 Å². The van der Waals surface area contributed by atoms with E-state index in [0.717, 1.165) is 16.8 Å². The summed E-state index contributed by atoms with van der Waals surface area (Å²) in [6, 6.07) is 5.61. The summed E-state index contributed by atoms with van der Waals surface area (Å²) in [5, 5.41) is 6.92. The van der Waals surface area contributed by atoms with E-state index in [-0.39, 0.29) is 13.2 Å². The molecule has 1 amide bonds. The van der Waals surface area contributed by atoms with Crippen molar-refractivity contribution < 1.29 is 19.1 Å². The molecule has 1 heterocycles. The summed E-state index contributed by atoms with van der Waals surface area (Å²) >= 11 is 0. The first kappa shape index (κ1) is 18.5. The topological polar surface area (TPSA) is 82.4 Å². The van der Waals surface area contributed by atoms with Gasteiger partial charge >= 0.3 is 5.97 Å². The van der Waals surface area contributed by atoms with E-state index >= 15 is 0 Å². The number of rotatable bonds is 6. The molecule has 0 saturated carbocycles. The molecule has 0 saturated heterocycles. The lowest BCUT2D eigenvalue weighted by Gasteiger charge is -2.11. The predicted molar refractivity (Wildman–Crippen MR) is 93.7 cm³/mol. The maximum Gasteiger partial charge on any atom is 0.344 e. The highest BCUT2D eigenvalue weighted by Gasteiger charge is 2.14. The van der Waals surface area contributed by atoms with Crippen LogP contribution >= 0.6 is 0 Å². The van der Waals surface area contributed by atoms with Crippen molar-refractivity contribution in [2.45, 2.75) is 27.7 Å². The Morgan fingerprint density at radius 1 is 1.16 bits per heavy atom. The van der Waals surface area contributed by atoms with E-state index in [1.165, 1.54) is 0 Å². The normalized spacial score (nSPS) is 10.4. The Morgan fingerprint density at radius 3 is 2.52 bits per heavy atom. The van der Waals surface area contributed by atoms with Gasteiger partial charge in [0.05, 0.1) is 17.1 Å². The Bertz CT molecular complexity index is 796. The van der Waals surface area contributed by atoms with Crippen molar-refractivity contribution in [2.75, 3.05) is 18.5 Å². The molecule has 7 nitrogen and oxygen atoms in total. The van der Waals surface area contributed by atoms with Gasteiger partial charge in [0.2, 0.25) is 0 Å². The van der Waals surface area contributed by atoms with Crippen LogP contribution in [0, 0.1) is 27.7 Å². The standard InChI is InChI=1S/C18H23N3O4/c1-11-7-6-8-15(12(11)2)24-10-17(23)25-9-16(22)19-18-13(3)20-21(5)14(18)4/h6-8H,9-10H2,1-5H3,(H,19,22). The minimum atomic E-state index is -0.601. The Labute approximate surface area is 146 Å². The van der Waals surface area contributed by atoms with Crippen LogP contribution < -0.4 is 10.1 Å². The molecule has 134 valence electrons. The number of hydrogen-bond acceptors (Lipinski definition) is 5. The van der Waals surface area contributed by atoms with Gasteiger partial charge in [0.1, 0.15) is 5.75 Å². The zero-order valence-corrected chi connectivity index (χ0v) is 15.2. The number of nitrogens with one attached hydrogen (secondary N) is 1. The summed E-state index contributed by atoms with van der Waals surface area (Å²) in [7, 11) is 1.79. The number of nitrogens with zero attached hydrogens (tertiary/aromatic N) is 2. The lowest BCUT2D eigenvalue weighted by molar-refractivity contribution is -0.149. The van der Waals surface area contributed by atoms with Crippen LogP contribution in [0.4, 0.5) is 5.69 Å². The van der Waals surface area contributed by atoms with E-state index in [1.54, 1.807) is 24.7 Å². The molecule has 0 spiro atoms. The number of anilines is 1. The molecular weight excluding hydrogens is 322 g/mol. The van der Waals surface area contributed by atoms with Crippen molar-refractivity contribution in [2.24, 2.45) is 7.05 Å². The number of aromatic nitrogens is 2. The highest BCUT2D eigenvalue weighted by Crippen LogP contribution is 2.20. The Morgan fingerprint density at radius 2 is 1.88 bits per heavy atom. The first-order valence-electron chi connectivity index (χ1n) is 7.94. The smallest absolute Gasteiger partial charge is 0.344 e. The van der Waals surface area contributed by atoms with Crippen LogP contribution in [0.5, 0.6) is 5.75 Å². The van der Waals surface area contributed by atoms with E-state index in [1.807, 2.05) is 32.9 Å². The second kappa shape index (κ2) is 7.83. The predicted octanol–water partition coefficient (Wildman–Crippen LogP) is 2.21. The van der Waals surface area contributed by atoms with Crippen LogP contribution in [-0.4, -0.2) is 34.9 Å². The number of carbonyl (C=O) groups is 2.